The summed E-state index contributed by atoms with van der Waals surface area (Å²) in [6.07, 6.45) is 0. The Morgan fingerprint density at radius 1 is 0.842 bits per heavy atom. The van der Waals surface area contributed by atoms with E-state index in [0.29, 0.717) is 48.4 Å². The molecule has 8 nitrogen and oxygen atoms in total. The minimum absolute atomic E-state index is 0.0663. The molecule has 0 saturated carbocycles. The Morgan fingerprint density at radius 2 is 1.61 bits per heavy atom. The highest BCUT2D eigenvalue weighted by atomic mass is 35.5. The van der Waals surface area contributed by atoms with Gasteiger partial charge in [0.1, 0.15) is 13.2 Å². The molecule has 196 valence electrons. The highest BCUT2D eigenvalue weighted by Crippen LogP contribution is 2.38. The summed E-state index contributed by atoms with van der Waals surface area (Å²) in [5.41, 5.74) is 1.84. The number of fused-ring (bicyclic) bond motifs is 1. The first-order valence-electron chi connectivity index (χ1n) is 12.4. The van der Waals surface area contributed by atoms with Crippen molar-refractivity contribution in [2.24, 2.45) is 0 Å². The third kappa shape index (κ3) is 4.97. The molecule has 0 unspecified atom stereocenters. The van der Waals surface area contributed by atoms with E-state index < -0.39 is 9.84 Å². The van der Waals surface area contributed by atoms with E-state index in [2.05, 4.69) is 22.0 Å². The number of sulfone groups is 1. The van der Waals surface area contributed by atoms with Gasteiger partial charge in [-0.25, -0.2) is 8.42 Å². The Morgan fingerprint density at radius 3 is 2.37 bits per heavy atom. The fraction of sp³-hybridized carbons (Fsp3) is 0.250. The Bertz CT molecular complexity index is 1550. The van der Waals surface area contributed by atoms with Gasteiger partial charge < -0.3 is 18.8 Å². The van der Waals surface area contributed by atoms with Gasteiger partial charge >= 0.3 is 0 Å². The highest BCUT2D eigenvalue weighted by molar-refractivity contribution is 7.91. The Labute approximate surface area is 226 Å². The van der Waals surface area contributed by atoms with E-state index in [1.165, 1.54) is 17.7 Å². The molecular weight excluding hydrogens is 526 g/mol. The normalized spacial score (nSPS) is 16.0. The van der Waals surface area contributed by atoms with Crippen molar-refractivity contribution in [2.75, 3.05) is 44.3 Å². The first-order chi connectivity index (χ1) is 18.5. The number of hydrogen-bond donors (Lipinski definition) is 0. The predicted octanol–water partition coefficient (Wildman–Crippen LogP) is 4.92. The first kappa shape index (κ1) is 24.8. The summed E-state index contributed by atoms with van der Waals surface area (Å²) in [6.45, 7) is 4.32. The third-order valence-electron chi connectivity index (χ3n) is 6.64. The van der Waals surface area contributed by atoms with Gasteiger partial charge in [0.15, 0.2) is 11.5 Å². The monoisotopic (exact) mass is 551 g/mol. The predicted molar refractivity (Wildman–Crippen MR) is 144 cm³/mol. The smallest absolute Gasteiger partial charge is 0.236 e. The van der Waals surface area contributed by atoms with Gasteiger partial charge in [0.2, 0.25) is 26.6 Å². The van der Waals surface area contributed by atoms with E-state index in [1.54, 1.807) is 30.3 Å². The average molecular weight is 552 g/mol. The van der Waals surface area contributed by atoms with Crippen LogP contribution in [0.2, 0.25) is 5.02 Å². The van der Waals surface area contributed by atoms with Crippen LogP contribution in [0.3, 0.4) is 0 Å². The minimum Gasteiger partial charge on any atom is -0.486 e. The minimum atomic E-state index is -4.04. The fourth-order valence-corrected chi connectivity index (χ4v) is 6.20. The van der Waals surface area contributed by atoms with Gasteiger partial charge in [-0.2, -0.15) is 4.98 Å². The van der Waals surface area contributed by atoms with Crippen molar-refractivity contribution in [1.82, 2.24) is 9.88 Å². The largest absolute Gasteiger partial charge is 0.486 e. The molecule has 0 bridgehead atoms. The second kappa shape index (κ2) is 10.3. The van der Waals surface area contributed by atoms with Crippen molar-refractivity contribution in [3.8, 4) is 23.0 Å². The number of piperazine rings is 1. The van der Waals surface area contributed by atoms with Gasteiger partial charge in [-0.15, -0.1) is 0 Å². The number of halogens is 1. The Kier molecular flexibility index (Phi) is 6.73. The molecule has 0 spiro atoms. The van der Waals surface area contributed by atoms with Gasteiger partial charge in [-0.05, 0) is 35.9 Å². The summed E-state index contributed by atoms with van der Waals surface area (Å²) in [7, 11) is -4.04. The molecule has 4 aromatic rings. The van der Waals surface area contributed by atoms with Crippen molar-refractivity contribution in [3.63, 3.8) is 0 Å². The number of benzene rings is 3. The zero-order valence-corrected chi connectivity index (χ0v) is 22.1. The first-order valence-corrected chi connectivity index (χ1v) is 14.3. The molecule has 0 atom stereocenters. The van der Waals surface area contributed by atoms with Crippen LogP contribution in [-0.2, 0) is 16.4 Å². The van der Waals surface area contributed by atoms with Gasteiger partial charge in [-0.3, -0.25) is 4.90 Å². The third-order valence-corrected chi connectivity index (χ3v) is 8.52. The summed E-state index contributed by atoms with van der Waals surface area (Å²) >= 11 is 6.20. The molecule has 3 heterocycles. The van der Waals surface area contributed by atoms with Crippen LogP contribution in [0.5, 0.6) is 11.5 Å². The molecule has 3 aromatic carbocycles. The van der Waals surface area contributed by atoms with Crippen LogP contribution in [0.15, 0.2) is 87.1 Å². The molecule has 10 heteroatoms. The molecule has 1 fully saturated rings. The van der Waals surface area contributed by atoms with Crippen molar-refractivity contribution in [1.29, 1.82) is 0 Å². The number of oxazole rings is 1. The maximum atomic E-state index is 13.9. The quantitative estimate of drug-likeness (QED) is 0.334. The van der Waals surface area contributed by atoms with Crippen LogP contribution >= 0.6 is 11.6 Å². The van der Waals surface area contributed by atoms with Crippen LogP contribution in [-0.4, -0.2) is 57.7 Å². The molecule has 0 amide bonds. The van der Waals surface area contributed by atoms with E-state index in [1.807, 2.05) is 23.1 Å². The summed E-state index contributed by atoms with van der Waals surface area (Å²) in [6, 6.07) is 21.9. The highest BCUT2D eigenvalue weighted by Gasteiger charge is 2.33. The molecular formula is C28H26ClN3O5S. The molecule has 0 radical (unpaired) electrons. The summed E-state index contributed by atoms with van der Waals surface area (Å²) in [5, 5.41) is 0.383. The lowest BCUT2D eigenvalue weighted by Gasteiger charge is -2.34. The summed E-state index contributed by atoms with van der Waals surface area (Å²) in [5.74, 6) is 1.34. The summed E-state index contributed by atoms with van der Waals surface area (Å²) in [4.78, 5) is 8.86. The van der Waals surface area contributed by atoms with Crippen LogP contribution in [0, 0.1) is 0 Å². The summed E-state index contributed by atoms with van der Waals surface area (Å²) < 4.78 is 45.2. The molecule has 1 saturated heterocycles. The van der Waals surface area contributed by atoms with E-state index in [9.17, 15) is 8.42 Å². The van der Waals surface area contributed by atoms with E-state index >= 15 is 0 Å². The van der Waals surface area contributed by atoms with Crippen LogP contribution in [0.1, 0.15) is 5.56 Å². The van der Waals surface area contributed by atoms with Crippen molar-refractivity contribution < 1.29 is 22.3 Å². The fourth-order valence-electron chi connectivity index (χ4n) is 4.67. The van der Waals surface area contributed by atoms with Crippen molar-refractivity contribution in [2.45, 2.75) is 16.5 Å². The topological polar surface area (TPSA) is 85.1 Å². The second-order valence-corrected chi connectivity index (χ2v) is 11.5. The molecule has 0 N–H and O–H groups in total. The molecule has 1 aromatic heterocycles. The van der Waals surface area contributed by atoms with Gasteiger partial charge in [0.05, 0.1) is 4.90 Å². The zero-order chi connectivity index (χ0) is 26.1. The second-order valence-electron chi connectivity index (χ2n) is 9.20. The number of aromatic nitrogens is 1. The Hall–Kier alpha value is -3.53. The molecule has 2 aliphatic heterocycles. The van der Waals surface area contributed by atoms with Crippen LogP contribution in [0.25, 0.3) is 11.5 Å². The number of rotatable bonds is 6. The zero-order valence-electron chi connectivity index (χ0n) is 20.5. The molecule has 0 aliphatic carbocycles. The lowest BCUT2D eigenvalue weighted by Crippen LogP contribution is -2.46. The van der Waals surface area contributed by atoms with Gasteiger partial charge in [0.25, 0.3) is 0 Å². The number of nitrogens with zero attached hydrogens (tertiary/aromatic N) is 3. The standard InChI is InChI=1S/C28H26ClN3O5S/c29-22-8-4-7-21(17-22)26-30-27(38(33,34)23-9-10-24-25(18-23)36-16-15-35-24)28(37-26)32-13-11-31(12-14-32)19-20-5-2-1-3-6-20/h1-10,17-18H,11-16,19H2. The van der Waals surface area contributed by atoms with Crippen LogP contribution < -0.4 is 14.4 Å². The van der Waals surface area contributed by atoms with E-state index in [4.69, 9.17) is 25.5 Å². The molecule has 2 aliphatic rings. The lowest BCUT2D eigenvalue weighted by molar-refractivity contribution is 0.171. The van der Waals surface area contributed by atoms with Crippen molar-refractivity contribution >= 4 is 27.3 Å². The number of hydrogen-bond acceptors (Lipinski definition) is 8. The lowest BCUT2D eigenvalue weighted by atomic mass is 10.2. The van der Waals surface area contributed by atoms with Gasteiger partial charge in [-0.1, -0.05) is 48.0 Å². The Balaban J connectivity index is 1.33. The molecule has 38 heavy (non-hydrogen) atoms. The van der Waals surface area contributed by atoms with E-state index in [0.717, 1.165) is 19.6 Å². The number of anilines is 1. The maximum absolute atomic E-state index is 13.9. The molecule has 6 rings (SSSR count). The number of ether oxygens (including phenoxy) is 2. The maximum Gasteiger partial charge on any atom is 0.236 e. The van der Waals surface area contributed by atoms with Crippen LogP contribution in [0.4, 0.5) is 5.88 Å². The SMILES string of the molecule is O=S(=O)(c1ccc2c(c1)OCCO2)c1nc(-c2cccc(Cl)c2)oc1N1CCN(Cc2ccccc2)CC1. The van der Waals surface area contributed by atoms with E-state index in [-0.39, 0.29) is 21.7 Å². The average Bonchev–Trinajstić information content (AvgIpc) is 3.40. The van der Waals surface area contributed by atoms with Gasteiger partial charge in [0, 0.05) is 49.4 Å². The van der Waals surface area contributed by atoms with Crippen molar-refractivity contribution in [3.05, 3.63) is 83.4 Å².